The lowest BCUT2D eigenvalue weighted by Crippen LogP contribution is -2.23. The van der Waals surface area contributed by atoms with Gasteiger partial charge in [-0.3, -0.25) is 9.88 Å². The van der Waals surface area contributed by atoms with Gasteiger partial charge in [-0.05, 0) is 44.0 Å². The zero-order chi connectivity index (χ0) is 16.5. The van der Waals surface area contributed by atoms with Crippen molar-refractivity contribution in [2.45, 2.75) is 32.4 Å². The summed E-state index contributed by atoms with van der Waals surface area (Å²) >= 11 is 1.67. The van der Waals surface area contributed by atoms with E-state index in [1.54, 1.807) is 11.3 Å². The van der Waals surface area contributed by atoms with Crippen LogP contribution in [-0.4, -0.2) is 31.0 Å². The molecule has 1 aliphatic heterocycles. The van der Waals surface area contributed by atoms with Gasteiger partial charge in [-0.1, -0.05) is 0 Å². The average molecular weight is 339 g/mol. The van der Waals surface area contributed by atoms with Gasteiger partial charge < -0.3 is 4.57 Å². The average Bonchev–Trinajstić information content (AvgIpc) is 3.32. The van der Waals surface area contributed by atoms with Crippen molar-refractivity contribution in [3.8, 4) is 11.4 Å². The van der Waals surface area contributed by atoms with Crippen molar-refractivity contribution in [2.24, 2.45) is 7.05 Å². The van der Waals surface area contributed by atoms with Crippen LogP contribution in [0, 0.1) is 6.92 Å². The lowest BCUT2D eigenvalue weighted by atomic mass is 10.0. The number of thiazole rings is 1. The van der Waals surface area contributed by atoms with Crippen LogP contribution in [0.3, 0.4) is 0 Å². The molecule has 1 atom stereocenters. The van der Waals surface area contributed by atoms with E-state index in [2.05, 4.69) is 41.9 Å². The Kier molecular flexibility index (Phi) is 4.16. The molecule has 0 bridgehead atoms. The molecule has 0 saturated carbocycles. The number of rotatable bonds is 4. The van der Waals surface area contributed by atoms with Crippen LogP contribution in [0.1, 0.15) is 36.0 Å². The van der Waals surface area contributed by atoms with Gasteiger partial charge in [-0.25, -0.2) is 9.97 Å². The number of hydrogen-bond acceptors (Lipinski definition) is 5. The second-order valence-corrected chi connectivity index (χ2v) is 7.05. The third-order valence-electron chi connectivity index (χ3n) is 4.86. The number of hydrogen-bond donors (Lipinski definition) is 0. The van der Waals surface area contributed by atoms with Crippen molar-refractivity contribution in [3.63, 3.8) is 0 Å². The molecular weight excluding hydrogens is 318 g/mol. The van der Waals surface area contributed by atoms with Crippen molar-refractivity contribution in [1.82, 2.24) is 24.4 Å². The summed E-state index contributed by atoms with van der Waals surface area (Å²) in [4.78, 5) is 15.9. The highest BCUT2D eigenvalue weighted by atomic mass is 32.1. The fourth-order valence-corrected chi connectivity index (χ4v) is 4.00. The number of imidazole rings is 1. The van der Waals surface area contributed by atoms with Gasteiger partial charge in [0.05, 0.1) is 28.8 Å². The minimum absolute atomic E-state index is 0.447. The first-order valence-electron chi connectivity index (χ1n) is 8.28. The Morgan fingerprint density at radius 3 is 2.96 bits per heavy atom. The first-order chi connectivity index (χ1) is 11.7. The van der Waals surface area contributed by atoms with E-state index >= 15 is 0 Å². The molecule has 0 spiro atoms. The topological polar surface area (TPSA) is 46.8 Å². The quantitative estimate of drug-likeness (QED) is 0.729. The normalized spacial score (nSPS) is 18.3. The molecule has 4 rings (SSSR count). The van der Waals surface area contributed by atoms with Crippen molar-refractivity contribution in [3.05, 3.63) is 52.5 Å². The summed E-state index contributed by atoms with van der Waals surface area (Å²) in [6.45, 7) is 4.07. The van der Waals surface area contributed by atoms with Crippen LogP contribution >= 0.6 is 11.3 Å². The Hall–Kier alpha value is -2.05. The van der Waals surface area contributed by atoms with Gasteiger partial charge in [-0.15, -0.1) is 11.3 Å². The second-order valence-electron chi connectivity index (χ2n) is 6.33. The van der Waals surface area contributed by atoms with Gasteiger partial charge in [-0.2, -0.15) is 0 Å². The number of aromatic nitrogens is 4. The maximum Gasteiger partial charge on any atom is 0.105 e. The van der Waals surface area contributed by atoms with Crippen molar-refractivity contribution in [1.29, 1.82) is 0 Å². The summed E-state index contributed by atoms with van der Waals surface area (Å²) in [6.07, 6.45) is 6.25. The molecule has 0 N–H and O–H groups in total. The third kappa shape index (κ3) is 2.87. The van der Waals surface area contributed by atoms with Gasteiger partial charge in [0.25, 0.3) is 0 Å². The van der Waals surface area contributed by atoms with Gasteiger partial charge in [0.2, 0.25) is 0 Å². The molecule has 0 aliphatic carbocycles. The lowest BCUT2D eigenvalue weighted by molar-refractivity contribution is 0.246. The summed E-state index contributed by atoms with van der Waals surface area (Å²) in [5.41, 5.74) is 6.49. The molecule has 0 aromatic carbocycles. The molecule has 1 fully saturated rings. The molecule has 0 amide bonds. The molecule has 0 radical (unpaired) electrons. The SMILES string of the molecule is Cc1ncc(-c2cc([C@@H]3CCCN3Cc3cscn3)ccn2)n1C. The zero-order valence-corrected chi connectivity index (χ0v) is 14.8. The number of aryl methyl sites for hydroxylation is 1. The highest BCUT2D eigenvalue weighted by Crippen LogP contribution is 2.34. The molecular formula is C18H21N5S. The van der Waals surface area contributed by atoms with E-state index in [9.17, 15) is 0 Å². The number of pyridine rings is 1. The van der Waals surface area contributed by atoms with E-state index in [1.165, 1.54) is 24.1 Å². The van der Waals surface area contributed by atoms with Crippen molar-refractivity contribution < 1.29 is 0 Å². The van der Waals surface area contributed by atoms with E-state index in [0.29, 0.717) is 6.04 Å². The fourth-order valence-electron chi connectivity index (χ4n) is 3.45. The number of nitrogens with zero attached hydrogens (tertiary/aromatic N) is 5. The van der Waals surface area contributed by atoms with Crippen molar-refractivity contribution >= 4 is 11.3 Å². The summed E-state index contributed by atoms with van der Waals surface area (Å²) in [5, 5.41) is 2.14. The summed E-state index contributed by atoms with van der Waals surface area (Å²) in [7, 11) is 2.04. The summed E-state index contributed by atoms with van der Waals surface area (Å²) in [6, 6.07) is 4.82. The third-order valence-corrected chi connectivity index (χ3v) is 5.50. The van der Waals surface area contributed by atoms with Crippen LogP contribution in [0.4, 0.5) is 0 Å². The van der Waals surface area contributed by atoms with Gasteiger partial charge >= 0.3 is 0 Å². The van der Waals surface area contributed by atoms with E-state index in [0.717, 1.165) is 30.3 Å². The molecule has 3 aromatic heterocycles. The molecule has 24 heavy (non-hydrogen) atoms. The van der Waals surface area contributed by atoms with Crippen LogP contribution in [0.15, 0.2) is 35.4 Å². The highest BCUT2D eigenvalue weighted by Gasteiger charge is 2.27. The van der Waals surface area contributed by atoms with Crippen molar-refractivity contribution in [2.75, 3.05) is 6.54 Å². The number of likely N-dealkylation sites (tertiary alicyclic amines) is 1. The monoisotopic (exact) mass is 339 g/mol. The van der Waals surface area contributed by atoms with E-state index in [-0.39, 0.29) is 0 Å². The lowest BCUT2D eigenvalue weighted by Gasteiger charge is -2.24. The molecule has 4 heterocycles. The van der Waals surface area contributed by atoms with E-state index in [1.807, 2.05) is 31.9 Å². The maximum atomic E-state index is 4.57. The van der Waals surface area contributed by atoms with E-state index < -0.39 is 0 Å². The van der Waals surface area contributed by atoms with Crippen LogP contribution in [0.25, 0.3) is 11.4 Å². The Labute approximate surface area is 146 Å². The largest absolute Gasteiger partial charge is 0.330 e. The van der Waals surface area contributed by atoms with Gasteiger partial charge in [0, 0.05) is 31.2 Å². The first kappa shape index (κ1) is 15.5. The van der Waals surface area contributed by atoms with Crippen LogP contribution in [0.2, 0.25) is 0 Å². The fraction of sp³-hybridized carbons (Fsp3) is 0.389. The molecule has 0 unspecified atom stereocenters. The van der Waals surface area contributed by atoms with Crippen LogP contribution in [-0.2, 0) is 13.6 Å². The van der Waals surface area contributed by atoms with Gasteiger partial charge in [0.1, 0.15) is 5.82 Å². The van der Waals surface area contributed by atoms with Gasteiger partial charge in [0.15, 0.2) is 0 Å². The molecule has 124 valence electrons. The smallest absolute Gasteiger partial charge is 0.105 e. The highest BCUT2D eigenvalue weighted by molar-refractivity contribution is 7.07. The Bertz CT molecular complexity index is 824. The Balaban J connectivity index is 1.61. The predicted octanol–water partition coefficient (Wildman–Crippen LogP) is 3.58. The van der Waals surface area contributed by atoms with Crippen LogP contribution in [0.5, 0.6) is 0 Å². The van der Waals surface area contributed by atoms with E-state index in [4.69, 9.17) is 0 Å². The molecule has 1 saturated heterocycles. The molecule has 6 heteroatoms. The molecule has 1 aliphatic rings. The Morgan fingerprint density at radius 2 is 2.21 bits per heavy atom. The minimum Gasteiger partial charge on any atom is -0.330 e. The zero-order valence-electron chi connectivity index (χ0n) is 14.0. The van der Waals surface area contributed by atoms with Crippen LogP contribution < -0.4 is 0 Å². The first-order valence-corrected chi connectivity index (χ1v) is 9.22. The molecule has 5 nitrogen and oxygen atoms in total. The second kappa shape index (κ2) is 6.45. The summed E-state index contributed by atoms with van der Waals surface area (Å²) < 4.78 is 2.09. The maximum absolute atomic E-state index is 4.57. The summed E-state index contributed by atoms with van der Waals surface area (Å²) in [5.74, 6) is 1.00. The standard InChI is InChI=1S/C18H21N5S/c1-13-20-9-18(22(13)2)16-8-14(5-6-19-16)17-4-3-7-23(17)10-15-11-24-12-21-15/h5-6,8-9,11-12,17H,3-4,7,10H2,1-2H3/t17-/m0/s1. The molecule has 3 aromatic rings. The predicted molar refractivity (Wildman–Crippen MR) is 95.7 cm³/mol. The minimum atomic E-state index is 0.447. The Morgan fingerprint density at radius 1 is 1.29 bits per heavy atom.